The zero-order valence-corrected chi connectivity index (χ0v) is 12.4. The Balaban J connectivity index is 1.81. The van der Waals surface area contributed by atoms with Crippen LogP contribution in [0.5, 0.6) is 0 Å². The van der Waals surface area contributed by atoms with E-state index in [-0.39, 0.29) is 5.56 Å². The maximum atomic E-state index is 13.5. The summed E-state index contributed by atoms with van der Waals surface area (Å²) in [6.07, 6.45) is 2.48. The Kier molecular flexibility index (Phi) is 5.38. The summed E-state index contributed by atoms with van der Waals surface area (Å²) in [6.45, 7) is 5.72. The normalized spacial score (nSPS) is 19.9. The molecule has 1 heterocycles. The first-order valence-electron chi connectivity index (χ1n) is 7.02. The van der Waals surface area contributed by atoms with Crippen molar-refractivity contribution in [2.75, 3.05) is 26.2 Å². The molecule has 3 nitrogen and oxygen atoms in total. The minimum atomic E-state index is -0.543. The monoisotopic (exact) mass is 298 g/mol. The van der Waals surface area contributed by atoms with Crippen LogP contribution in [-0.2, 0) is 0 Å². The Morgan fingerprint density at radius 2 is 2.35 bits per heavy atom. The minimum absolute atomic E-state index is 0.00418. The number of likely N-dealkylation sites (tertiary alicyclic amines) is 1. The second-order valence-corrected chi connectivity index (χ2v) is 5.86. The summed E-state index contributed by atoms with van der Waals surface area (Å²) in [7, 11) is 0. The number of hydrogen-bond donors (Lipinski definition) is 1. The highest BCUT2D eigenvalue weighted by Gasteiger charge is 2.16. The number of nitrogens with one attached hydrogen (secondary N) is 1. The molecule has 1 N–H and O–H groups in total. The number of amides is 1. The second kappa shape index (κ2) is 7.04. The number of carbonyl (C=O) groups is 1. The molecule has 0 radical (unpaired) electrons. The Morgan fingerprint density at radius 1 is 1.55 bits per heavy atom. The van der Waals surface area contributed by atoms with Gasteiger partial charge in [0.25, 0.3) is 5.91 Å². The predicted octanol–water partition coefficient (Wildman–Crippen LogP) is 2.94. The lowest BCUT2D eigenvalue weighted by Gasteiger charge is -2.30. The molecule has 5 heteroatoms. The van der Waals surface area contributed by atoms with E-state index < -0.39 is 11.7 Å². The van der Waals surface area contributed by atoms with Crippen molar-refractivity contribution < 1.29 is 9.18 Å². The molecular weight excluding hydrogens is 279 g/mol. The van der Waals surface area contributed by atoms with E-state index in [0.29, 0.717) is 17.5 Å². The zero-order valence-electron chi connectivity index (χ0n) is 11.7. The summed E-state index contributed by atoms with van der Waals surface area (Å²) < 4.78 is 13.5. The van der Waals surface area contributed by atoms with E-state index in [1.807, 2.05) is 0 Å². The van der Waals surface area contributed by atoms with Crippen LogP contribution in [0, 0.1) is 11.7 Å². The van der Waals surface area contributed by atoms with E-state index in [9.17, 15) is 9.18 Å². The number of hydrogen-bond acceptors (Lipinski definition) is 2. The molecule has 1 amide bonds. The first kappa shape index (κ1) is 15.3. The molecule has 1 aliphatic rings. The van der Waals surface area contributed by atoms with E-state index in [0.717, 1.165) is 19.6 Å². The standard InChI is InChI=1S/C15H20ClFN2O/c1-11-3-2-7-19(10-11)8-6-18-15(20)13-9-12(16)4-5-14(13)17/h4-5,9,11H,2-3,6-8,10H2,1H3,(H,18,20)/t11-/m0/s1. The van der Waals surface area contributed by atoms with E-state index >= 15 is 0 Å². The van der Waals surface area contributed by atoms with Crippen molar-refractivity contribution in [3.63, 3.8) is 0 Å². The molecule has 0 bridgehead atoms. The SMILES string of the molecule is C[C@H]1CCCN(CCNC(=O)c2cc(Cl)ccc2F)C1. The molecule has 1 aromatic rings. The van der Waals surface area contributed by atoms with Crippen LogP contribution < -0.4 is 5.32 Å². The molecule has 0 aliphatic carbocycles. The van der Waals surface area contributed by atoms with Crippen LogP contribution >= 0.6 is 11.6 Å². The van der Waals surface area contributed by atoms with Crippen molar-refractivity contribution in [1.29, 1.82) is 0 Å². The Labute approximate surface area is 124 Å². The van der Waals surface area contributed by atoms with Crippen LogP contribution in [0.2, 0.25) is 5.02 Å². The Morgan fingerprint density at radius 3 is 3.10 bits per heavy atom. The third kappa shape index (κ3) is 4.18. The predicted molar refractivity (Wildman–Crippen MR) is 78.6 cm³/mol. The largest absolute Gasteiger partial charge is 0.351 e. The van der Waals surface area contributed by atoms with Crippen LogP contribution in [-0.4, -0.2) is 37.0 Å². The molecular formula is C15H20ClFN2O. The molecule has 1 fully saturated rings. The summed E-state index contributed by atoms with van der Waals surface area (Å²) >= 11 is 5.78. The molecule has 1 aliphatic heterocycles. The molecule has 20 heavy (non-hydrogen) atoms. The third-order valence-corrected chi connectivity index (χ3v) is 3.86. The smallest absolute Gasteiger partial charge is 0.254 e. The van der Waals surface area contributed by atoms with Crippen molar-refractivity contribution in [2.45, 2.75) is 19.8 Å². The fourth-order valence-electron chi connectivity index (χ4n) is 2.58. The highest BCUT2D eigenvalue weighted by Crippen LogP contribution is 2.16. The molecule has 1 atom stereocenters. The van der Waals surface area contributed by atoms with Gasteiger partial charge < -0.3 is 10.2 Å². The molecule has 0 spiro atoms. The van der Waals surface area contributed by atoms with Crippen LogP contribution in [0.4, 0.5) is 4.39 Å². The fraction of sp³-hybridized carbons (Fsp3) is 0.533. The van der Waals surface area contributed by atoms with Gasteiger partial charge in [0.15, 0.2) is 0 Å². The van der Waals surface area contributed by atoms with E-state index in [2.05, 4.69) is 17.1 Å². The summed E-state index contributed by atoms with van der Waals surface area (Å²) in [5, 5.41) is 3.11. The molecule has 0 saturated carbocycles. The van der Waals surface area contributed by atoms with Gasteiger partial charge in [-0.25, -0.2) is 4.39 Å². The van der Waals surface area contributed by atoms with Gasteiger partial charge in [0.05, 0.1) is 5.56 Å². The number of halogens is 2. The van der Waals surface area contributed by atoms with Crippen molar-refractivity contribution in [1.82, 2.24) is 10.2 Å². The van der Waals surface area contributed by atoms with Crippen molar-refractivity contribution >= 4 is 17.5 Å². The molecule has 1 saturated heterocycles. The lowest BCUT2D eigenvalue weighted by Crippen LogP contribution is -2.40. The highest BCUT2D eigenvalue weighted by atomic mass is 35.5. The second-order valence-electron chi connectivity index (χ2n) is 5.43. The number of rotatable bonds is 4. The molecule has 1 aromatic carbocycles. The van der Waals surface area contributed by atoms with Crippen molar-refractivity contribution in [3.05, 3.63) is 34.6 Å². The summed E-state index contributed by atoms with van der Waals surface area (Å²) in [5.74, 6) is -0.238. The van der Waals surface area contributed by atoms with Gasteiger partial charge in [-0.15, -0.1) is 0 Å². The fourth-order valence-corrected chi connectivity index (χ4v) is 2.76. The molecule has 110 valence electrons. The molecule has 2 rings (SSSR count). The Hall–Kier alpha value is -1.13. The van der Waals surface area contributed by atoms with Gasteiger partial charge in [-0.3, -0.25) is 4.79 Å². The number of nitrogens with zero attached hydrogens (tertiary/aromatic N) is 1. The number of carbonyl (C=O) groups excluding carboxylic acids is 1. The highest BCUT2D eigenvalue weighted by molar-refractivity contribution is 6.30. The van der Waals surface area contributed by atoms with Gasteiger partial charge in [0, 0.05) is 24.7 Å². The molecule has 0 aromatic heterocycles. The number of benzene rings is 1. The van der Waals surface area contributed by atoms with Gasteiger partial charge in [0.2, 0.25) is 0 Å². The first-order valence-corrected chi connectivity index (χ1v) is 7.39. The Bertz CT molecular complexity index is 481. The van der Waals surface area contributed by atoms with Gasteiger partial charge in [-0.2, -0.15) is 0 Å². The van der Waals surface area contributed by atoms with Crippen molar-refractivity contribution in [2.24, 2.45) is 5.92 Å². The van der Waals surface area contributed by atoms with Crippen molar-refractivity contribution in [3.8, 4) is 0 Å². The van der Waals surface area contributed by atoms with Gasteiger partial charge in [0.1, 0.15) is 5.82 Å². The van der Waals surface area contributed by atoms with Gasteiger partial charge in [-0.1, -0.05) is 18.5 Å². The van der Waals surface area contributed by atoms with Crippen LogP contribution in [0.1, 0.15) is 30.1 Å². The first-order chi connectivity index (χ1) is 9.56. The average Bonchev–Trinajstić information content (AvgIpc) is 2.41. The lowest BCUT2D eigenvalue weighted by atomic mass is 10.0. The molecule has 0 unspecified atom stereocenters. The van der Waals surface area contributed by atoms with Crippen LogP contribution in [0.3, 0.4) is 0 Å². The average molecular weight is 299 g/mol. The van der Waals surface area contributed by atoms with Gasteiger partial charge >= 0.3 is 0 Å². The van der Waals surface area contributed by atoms with Crippen LogP contribution in [0.15, 0.2) is 18.2 Å². The lowest BCUT2D eigenvalue weighted by molar-refractivity contribution is 0.0940. The number of piperidine rings is 1. The maximum absolute atomic E-state index is 13.5. The summed E-state index contributed by atoms with van der Waals surface area (Å²) in [6, 6.07) is 4.00. The minimum Gasteiger partial charge on any atom is -0.351 e. The van der Waals surface area contributed by atoms with E-state index in [1.165, 1.54) is 31.0 Å². The van der Waals surface area contributed by atoms with Crippen LogP contribution in [0.25, 0.3) is 0 Å². The maximum Gasteiger partial charge on any atom is 0.254 e. The quantitative estimate of drug-likeness (QED) is 0.927. The van der Waals surface area contributed by atoms with E-state index in [1.54, 1.807) is 0 Å². The van der Waals surface area contributed by atoms with Gasteiger partial charge in [-0.05, 0) is 43.5 Å². The summed E-state index contributed by atoms with van der Waals surface area (Å²) in [4.78, 5) is 14.2. The zero-order chi connectivity index (χ0) is 14.5. The summed E-state index contributed by atoms with van der Waals surface area (Å²) in [5.41, 5.74) is 0.00418. The third-order valence-electron chi connectivity index (χ3n) is 3.63. The topological polar surface area (TPSA) is 32.3 Å². The van der Waals surface area contributed by atoms with E-state index in [4.69, 9.17) is 11.6 Å².